The Morgan fingerprint density at radius 2 is 1.86 bits per heavy atom. The highest BCUT2D eigenvalue weighted by Gasteiger charge is 2.29. The molecule has 3 nitrogen and oxygen atoms in total. The molecule has 1 N–H and O–H groups in total. The lowest BCUT2D eigenvalue weighted by Crippen LogP contribution is -2.44. The van der Waals surface area contributed by atoms with Crippen molar-refractivity contribution in [3.05, 3.63) is 0 Å². The molecular formula is C11H19NO2. The molecule has 0 aromatic carbocycles. The van der Waals surface area contributed by atoms with Gasteiger partial charge in [0.1, 0.15) is 0 Å². The molecular weight excluding hydrogens is 178 g/mol. The van der Waals surface area contributed by atoms with Gasteiger partial charge in [-0.1, -0.05) is 12.8 Å². The van der Waals surface area contributed by atoms with Crippen molar-refractivity contribution in [3.63, 3.8) is 0 Å². The number of nitrogens with zero attached hydrogens (tertiary/aromatic N) is 1. The summed E-state index contributed by atoms with van der Waals surface area (Å²) in [5.41, 5.74) is 0. The maximum absolute atomic E-state index is 12.0. The number of likely N-dealkylation sites (tertiary alicyclic amines) is 1. The second kappa shape index (κ2) is 4.30. The Morgan fingerprint density at radius 1 is 1.14 bits per heavy atom. The van der Waals surface area contributed by atoms with E-state index in [0.29, 0.717) is 12.5 Å². The zero-order valence-corrected chi connectivity index (χ0v) is 8.61. The fourth-order valence-corrected chi connectivity index (χ4v) is 2.59. The van der Waals surface area contributed by atoms with Gasteiger partial charge in [-0.05, 0) is 25.7 Å². The Hall–Kier alpha value is -0.570. The van der Waals surface area contributed by atoms with Crippen molar-refractivity contribution in [1.29, 1.82) is 0 Å². The van der Waals surface area contributed by atoms with Crippen LogP contribution in [0.1, 0.15) is 38.5 Å². The van der Waals surface area contributed by atoms with Gasteiger partial charge in [0, 0.05) is 19.0 Å². The third kappa shape index (κ3) is 2.08. The van der Waals surface area contributed by atoms with Crippen LogP contribution in [0.3, 0.4) is 0 Å². The van der Waals surface area contributed by atoms with Crippen LogP contribution in [-0.2, 0) is 4.79 Å². The normalized spacial score (nSPS) is 29.5. The standard InChI is InChI=1S/C11H19NO2/c13-10-6-3-7-12(8-10)11(14)9-4-1-2-5-9/h9-10,13H,1-8H2/t10-/m0/s1. The molecule has 1 amide bonds. The quantitative estimate of drug-likeness (QED) is 0.685. The van der Waals surface area contributed by atoms with Crippen LogP contribution in [0.2, 0.25) is 0 Å². The lowest BCUT2D eigenvalue weighted by Gasteiger charge is -2.32. The van der Waals surface area contributed by atoms with E-state index in [1.807, 2.05) is 4.90 Å². The van der Waals surface area contributed by atoms with Gasteiger partial charge in [0.25, 0.3) is 0 Å². The molecule has 0 spiro atoms. The van der Waals surface area contributed by atoms with Gasteiger partial charge in [-0.2, -0.15) is 0 Å². The van der Waals surface area contributed by atoms with E-state index in [2.05, 4.69) is 0 Å². The summed E-state index contributed by atoms with van der Waals surface area (Å²) in [7, 11) is 0. The molecule has 0 aromatic heterocycles. The maximum atomic E-state index is 12.0. The molecule has 0 radical (unpaired) electrons. The van der Waals surface area contributed by atoms with Crippen LogP contribution < -0.4 is 0 Å². The summed E-state index contributed by atoms with van der Waals surface area (Å²) in [6, 6.07) is 0. The lowest BCUT2D eigenvalue weighted by molar-refractivity contribution is -0.138. The van der Waals surface area contributed by atoms with E-state index in [-0.39, 0.29) is 12.0 Å². The number of rotatable bonds is 1. The second-order valence-corrected chi connectivity index (χ2v) is 4.56. The number of piperidine rings is 1. The Kier molecular flexibility index (Phi) is 3.06. The van der Waals surface area contributed by atoms with Crippen LogP contribution in [0.4, 0.5) is 0 Å². The highest BCUT2D eigenvalue weighted by Crippen LogP contribution is 2.27. The molecule has 14 heavy (non-hydrogen) atoms. The van der Waals surface area contributed by atoms with E-state index in [0.717, 1.165) is 32.2 Å². The first-order chi connectivity index (χ1) is 6.77. The third-order valence-electron chi connectivity index (χ3n) is 3.41. The minimum absolute atomic E-state index is 0.264. The summed E-state index contributed by atoms with van der Waals surface area (Å²) in [6.45, 7) is 1.42. The molecule has 1 heterocycles. The van der Waals surface area contributed by atoms with Gasteiger partial charge >= 0.3 is 0 Å². The maximum Gasteiger partial charge on any atom is 0.225 e. The summed E-state index contributed by atoms with van der Waals surface area (Å²) in [6.07, 6.45) is 6.05. The van der Waals surface area contributed by atoms with Crippen LogP contribution in [0.15, 0.2) is 0 Å². The molecule has 3 heteroatoms. The first-order valence-electron chi connectivity index (χ1n) is 5.74. The van der Waals surface area contributed by atoms with Crippen molar-refractivity contribution < 1.29 is 9.90 Å². The van der Waals surface area contributed by atoms with Crippen molar-refractivity contribution in [2.45, 2.75) is 44.6 Å². The van der Waals surface area contributed by atoms with Crippen molar-refractivity contribution in [1.82, 2.24) is 4.90 Å². The average molecular weight is 197 g/mol. The largest absolute Gasteiger partial charge is 0.391 e. The van der Waals surface area contributed by atoms with Gasteiger partial charge < -0.3 is 10.0 Å². The Balaban J connectivity index is 1.89. The van der Waals surface area contributed by atoms with Gasteiger partial charge in [-0.25, -0.2) is 0 Å². The Morgan fingerprint density at radius 3 is 2.50 bits per heavy atom. The molecule has 2 fully saturated rings. The number of hydrogen-bond acceptors (Lipinski definition) is 2. The van der Waals surface area contributed by atoms with Crippen LogP contribution in [0.5, 0.6) is 0 Å². The molecule has 1 aliphatic carbocycles. The van der Waals surface area contributed by atoms with Gasteiger partial charge in [0.05, 0.1) is 6.10 Å². The predicted molar refractivity (Wildman–Crippen MR) is 53.8 cm³/mol. The number of aliphatic hydroxyl groups excluding tert-OH is 1. The monoisotopic (exact) mass is 197 g/mol. The van der Waals surface area contributed by atoms with Crippen molar-refractivity contribution >= 4 is 5.91 Å². The van der Waals surface area contributed by atoms with Crippen LogP contribution in [-0.4, -0.2) is 35.1 Å². The number of β-amino-alcohol motifs (C(OH)–C–C–N with tert-alkyl or cyclic N) is 1. The summed E-state index contributed by atoms with van der Waals surface area (Å²) in [4.78, 5) is 13.8. The molecule has 0 aromatic rings. The van der Waals surface area contributed by atoms with E-state index in [1.54, 1.807) is 0 Å². The summed E-state index contributed by atoms with van der Waals surface area (Å²) >= 11 is 0. The van der Waals surface area contributed by atoms with E-state index in [4.69, 9.17) is 0 Å². The van der Waals surface area contributed by atoms with Crippen LogP contribution >= 0.6 is 0 Å². The topological polar surface area (TPSA) is 40.5 Å². The first-order valence-corrected chi connectivity index (χ1v) is 5.74. The van der Waals surface area contributed by atoms with Gasteiger partial charge in [0.2, 0.25) is 5.91 Å². The molecule has 1 aliphatic heterocycles. The number of aliphatic hydroxyl groups is 1. The zero-order valence-electron chi connectivity index (χ0n) is 8.61. The molecule has 1 saturated heterocycles. The van der Waals surface area contributed by atoms with Gasteiger partial charge in [-0.15, -0.1) is 0 Å². The molecule has 1 saturated carbocycles. The lowest BCUT2D eigenvalue weighted by atomic mass is 10.0. The van der Waals surface area contributed by atoms with E-state index < -0.39 is 0 Å². The van der Waals surface area contributed by atoms with Crippen LogP contribution in [0.25, 0.3) is 0 Å². The van der Waals surface area contributed by atoms with Gasteiger partial charge in [-0.3, -0.25) is 4.79 Å². The van der Waals surface area contributed by atoms with Crippen molar-refractivity contribution in [3.8, 4) is 0 Å². The smallest absolute Gasteiger partial charge is 0.225 e. The predicted octanol–water partition coefficient (Wildman–Crippen LogP) is 1.16. The number of carbonyl (C=O) groups is 1. The zero-order chi connectivity index (χ0) is 9.97. The first kappa shape index (κ1) is 9.97. The van der Waals surface area contributed by atoms with Gasteiger partial charge in [0.15, 0.2) is 0 Å². The average Bonchev–Trinajstić information content (AvgIpc) is 2.69. The highest BCUT2D eigenvalue weighted by atomic mass is 16.3. The molecule has 0 bridgehead atoms. The van der Waals surface area contributed by atoms with E-state index in [1.165, 1.54) is 12.8 Å². The molecule has 2 aliphatic rings. The molecule has 2 rings (SSSR count). The summed E-state index contributed by atoms with van der Waals surface area (Å²) in [5, 5.41) is 9.48. The Bertz CT molecular complexity index is 211. The third-order valence-corrected chi connectivity index (χ3v) is 3.41. The summed E-state index contributed by atoms with van der Waals surface area (Å²) in [5.74, 6) is 0.557. The number of hydrogen-bond donors (Lipinski definition) is 1. The van der Waals surface area contributed by atoms with Crippen molar-refractivity contribution in [2.24, 2.45) is 5.92 Å². The van der Waals surface area contributed by atoms with E-state index in [9.17, 15) is 9.90 Å². The van der Waals surface area contributed by atoms with Crippen LogP contribution in [0, 0.1) is 5.92 Å². The number of carbonyl (C=O) groups excluding carboxylic acids is 1. The molecule has 0 unspecified atom stereocenters. The fraction of sp³-hybridized carbons (Fsp3) is 0.909. The SMILES string of the molecule is O=C(C1CCCC1)N1CCC[C@H](O)C1. The van der Waals surface area contributed by atoms with E-state index >= 15 is 0 Å². The molecule has 80 valence electrons. The van der Waals surface area contributed by atoms with Crippen molar-refractivity contribution in [2.75, 3.05) is 13.1 Å². The minimum Gasteiger partial charge on any atom is -0.391 e. The highest BCUT2D eigenvalue weighted by molar-refractivity contribution is 5.79. The second-order valence-electron chi connectivity index (χ2n) is 4.56. The minimum atomic E-state index is -0.283. The number of amides is 1. The fourth-order valence-electron chi connectivity index (χ4n) is 2.59. The Labute approximate surface area is 85.1 Å². The molecule has 1 atom stereocenters. The summed E-state index contributed by atoms with van der Waals surface area (Å²) < 4.78 is 0.